The van der Waals surface area contributed by atoms with Crippen LogP contribution < -0.4 is 4.74 Å². The van der Waals surface area contributed by atoms with E-state index in [0.29, 0.717) is 12.2 Å². The first-order valence-electron chi connectivity index (χ1n) is 9.44. The van der Waals surface area contributed by atoms with Gasteiger partial charge in [0.15, 0.2) is 0 Å². The molecule has 0 aliphatic rings. The predicted molar refractivity (Wildman–Crippen MR) is 105 cm³/mol. The summed E-state index contributed by atoms with van der Waals surface area (Å²) in [6, 6.07) is 11.5. The largest absolute Gasteiger partial charge is 0.494 e. The highest BCUT2D eigenvalue weighted by molar-refractivity contribution is 5.70. The summed E-state index contributed by atoms with van der Waals surface area (Å²) in [6.45, 7) is 11.5. The summed E-state index contributed by atoms with van der Waals surface area (Å²) in [7, 11) is 0. The van der Waals surface area contributed by atoms with Crippen molar-refractivity contribution in [3.8, 4) is 16.9 Å². The molecule has 0 amide bonds. The van der Waals surface area contributed by atoms with E-state index in [-0.39, 0.29) is 11.2 Å². The highest BCUT2D eigenvalue weighted by Gasteiger charge is 2.21. The van der Waals surface area contributed by atoms with Gasteiger partial charge >= 0.3 is 0 Å². The van der Waals surface area contributed by atoms with E-state index in [2.05, 4.69) is 45.9 Å². The molecule has 2 rings (SSSR count). The first-order valence-corrected chi connectivity index (χ1v) is 9.44. The minimum Gasteiger partial charge on any atom is -0.494 e. The van der Waals surface area contributed by atoms with E-state index in [0.717, 1.165) is 37.0 Å². The molecule has 25 heavy (non-hydrogen) atoms. The van der Waals surface area contributed by atoms with E-state index in [1.807, 2.05) is 13.0 Å². The second kappa shape index (κ2) is 8.51. The second-order valence-electron chi connectivity index (χ2n) is 7.51. The number of hydrogen-bond donors (Lipinski definition) is 0. The van der Waals surface area contributed by atoms with Crippen molar-refractivity contribution in [3.63, 3.8) is 0 Å². The fourth-order valence-corrected chi connectivity index (χ4v) is 3.52. The zero-order valence-corrected chi connectivity index (χ0v) is 16.3. The quantitative estimate of drug-likeness (QED) is 0.511. The molecule has 0 aliphatic heterocycles. The van der Waals surface area contributed by atoms with Crippen LogP contribution in [0.3, 0.4) is 0 Å². The van der Waals surface area contributed by atoms with Gasteiger partial charge in [0.1, 0.15) is 11.6 Å². The molecule has 0 aromatic heterocycles. The Morgan fingerprint density at radius 2 is 1.72 bits per heavy atom. The molecule has 0 N–H and O–H groups in total. The molecule has 0 saturated heterocycles. The van der Waals surface area contributed by atoms with Gasteiger partial charge in [-0.25, -0.2) is 4.39 Å². The Bertz CT molecular complexity index is 703. The number of ether oxygens (including phenoxy) is 1. The maximum absolute atomic E-state index is 14.6. The van der Waals surface area contributed by atoms with Gasteiger partial charge in [0.05, 0.1) is 6.61 Å². The number of rotatable bonds is 8. The van der Waals surface area contributed by atoms with Crippen molar-refractivity contribution in [2.24, 2.45) is 5.41 Å². The topological polar surface area (TPSA) is 9.23 Å². The van der Waals surface area contributed by atoms with Gasteiger partial charge in [0, 0.05) is 5.56 Å². The van der Waals surface area contributed by atoms with Gasteiger partial charge in [-0.1, -0.05) is 52.3 Å². The number of hydrogen-bond acceptors (Lipinski definition) is 1. The van der Waals surface area contributed by atoms with E-state index in [1.165, 1.54) is 17.2 Å². The summed E-state index contributed by atoms with van der Waals surface area (Å²) in [6.07, 6.45) is 4.25. The Morgan fingerprint density at radius 1 is 0.960 bits per heavy atom. The Kier molecular flexibility index (Phi) is 6.64. The van der Waals surface area contributed by atoms with Crippen LogP contribution in [0.15, 0.2) is 36.4 Å². The number of benzene rings is 2. The van der Waals surface area contributed by atoms with Gasteiger partial charge in [0.25, 0.3) is 0 Å². The Balaban J connectivity index is 2.52. The van der Waals surface area contributed by atoms with Gasteiger partial charge < -0.3 is 4.74 Å². The van der Waals surface area contributed by atoms with Gasteiger partial charge in [-0.3, -0.25) is 0 Å². The normalized spacial score (nSPS) is 11.6. The second-order valence-corrected chi connectivity index (χ2v) is 7.51. The van der Waals surface area contributed by atoms with Crippen LogP contribution in [0.25, 0.3) is 11.1 Å². The molecular weight excluding hydrogens is 311 g/mol. The van der Waals surface area contributed by atoms with Crippen LogP contribution in [0.1, 0.15) is 58.6 Å². The van der Waals surface area contributed by atoms with Crippen LogP contribution in [0.5, 0.6) is 5.75 Å². The third-order valence-corrected chi connectivity index (χ3v) is 4.71. The molecule has 136 valence electrons. The van der Waals surface area contributed by atoms with Crippen molar-refractivity contribution >= 4 is 0 Å². The lowest BCUT2D eigenvalue weighted by atomic mass is 9.79. The monoisotopic (exact) mass is 342 g/mol. The fourth-order valence-electron chi connectivity index (χ4n) is 3.52. The van der Waals surface area contributed by atoms with Gasteiger partial charge in [0.2, 0.25) is 0 Å². The van der Waals surface area contributed by atoms with Crippen molar-refractivity contribution < 1.29 is 9.13 Å². The smallest absolute Gasteiger partial charge is 0.131 e. The summed E-state index contributed by atoms with van der Waals surface area (Å²) in [5.74, 6) is 0.527. The lowest BCUT2D eigenvalue weighted by molar-refractivity contribution is 0.329. The molecule has 2 heteroatoms. The summed E-state index contributed by atoms with van der Waals surface area (Å²) in [5.41, 5.74) is 4.35. The van der Waals surface area contributed by atoms with Crippen LogP contribution in [-0.4, -0.2) is 6.61 Å². The highest BCUT2D eigenvalue weighted by Crippen LogP contribution is 2.35. The summed E-state index contributed by atoms with van der Waals surface area (Å²) in [4.78, 5) is 0. The molecule has 0 saturated carbocycles. The first kappa shape index (κ1) is 19.5. The first-order chi connectivity index (χ1) is 11.9. The van der Waals surface area contributed by atoms with Crippen LogP contribution in [0.2, 0.25) is 0 Å². The average molecular weight is 342 g/mol. The molecule has 0 atom stereocenters. The SMILES string of the molecule is CCCC(C)(C)Cc1cc(CC)ccc1-c1cc(OCC)ccc1F. The van der Waals surface area contributed by atoms with Gasteiger partial charge in [-0.05, 0) is 66.5 Å². The fraction of sp³-hybridized carbons (Fsp3) is 0.478. The molecule has 0 radical (unpaired) electrons. The minimum absolute atomic E-state index is 0.192. The molecule has 2 aromatic carbocycles. The molecule has 0 aliphatic carbocycles. The molecule has 0 bridgehead atoms. The standard InChI is InChI=1S/C23H31FO/c1-6-13-23(4,5)16-18-14-17(7-2)9-11-20(18)21-15-19(25-8-3)10-12-22(21)24/h9-12,14-15H,6-8,13,16H2,1-5H3. The van der Waals surface area contributed by atoms with E-state index < -0.39 is 0 Å². The predicted octanol–water partition coefficient (Wildman–Crippen LogP) is 6.82. The molecule has 2 aromatic rings. The molecule has 0 heterocycles. The van der Waals surface area contributed by atoms with Crippen LogP contribution in [0, 0.1) is 11.2 Å². The van der Waals surface area contributed by atoms with Gasteiger partial charge in [-0.15, -0.1) is 0 Å². The Labute approximate surface area is 152 Å². The minimum atomic E-state index is -0.192. The van der Waals surface area contributed by atoms with E-state index >= 15 is 0 Å². The maximum Gasteiger partial charge on any atom is 0.131 e. The summed E-state index contributed by atoms with van der Waals surface area (Å²) < 4.78 is 20.2. The van der Waals surface area contributed by atoms with Crippen molar-refractivity contribution in [1.29, 1.82) is 0 Å². The molecule has 0 unspecified atom stereocenters. The number of halogens is 1. The zero-order chi connectivity index (χ0) is 18.4. The summed E-state index contributed by atoms with van der Waals surface area (Å²) >= 11 is 0. The van der Waals surface area contributed by atoms with Crippen molar-refractivity contribution in [1.82, 2.24) is 0 Å². The van der Waals surface area contributed by atoms with Crippen molar-refractivity contribution in [3.05, 3.63) is 53.3 Å². The lowest BCUT2D eigenvalue weighted by Gasteiger charge is -2.26. The van der Waals surface area contributed by atoms with E-state index in [9.17, 15) is 4.39 Å². The van der Waals surface area contributed by atoms with Crippen molar-refractivity contribution in [2.75, 3.05) is 6.61 Å². The van der Waals surface area contributed by atoms with E-state index in [4.69, 9.17) is 4.74 Å². The van der Waals surface area contributed by atoms with Crippen molar-refractivity contribution in [2.45, 2.75) is 60.3 Å². The zero-order valence-electron chi connectivity index (χ0n) is 16.3. The third kappa shape index (κ3) is 5.07. The van der Waals surface area contributed by atoms with Crippen LogP contribution in [-0.2, 0) is 12.8 Å². The third-order valence-electron chi connectivity index (χ3n) is 4.71. The average Bonchev–Trinajstić information content (AvgIpc) is 2.56. The van der Waals surface area contributed by atoms with E-state index in [1.54, 1.807) is 6.07 Å². The molecule has 0 spiro atoms. The van der Waals surface area contributed by atoms with Gasteiger partial charge in [-0.2, -0.15) is 0 Å². The summed E-state index contributed by atoms with van der Waals surface area (Å²) in [5, 5.41) is 0. The molecular formula is C23H31FO. The molecule has 0 fully saturated rings. The highest BCUT2D eigenvalue weighted by atomic mass is 19.1. The lowest BCUT2D eigenvalue weighted by Crippen LogP contribution is -2.15. The molecule has 1 nitrogen and oxygen atoms in total. The maximum atomic E-state index is 14.6. The Morgan fingerprint density at radius 3 is 2.36 bits per heavy atom. The van der Waals surface area contributed by atoms with Crippen LogP contribution >= 0.6 is 0 Å². The van der Waals surface area contributed by atoms with Crippen LogP contribution in [0.4, 0.5) is 4.39 Å². The Hall–Kier alpha value is -1.83. The number of aryl methyl sites for hydroxylation is 1.